The molecule has 3 rings (SSSR count). The van der Waals surface area contributed by atoms with Crippen LogP contribution >= 0.6 is 0 Å². The van der Waals surface area contributed by atoms with E-state index in [1.54, 1.807) is 17.3 Å². The lowest BCUT2D eigenvalue weighted by Gasteiger charge is -2.30. The number of hydrogen-bond donors (Lipinski definition) is 0. The van der Waals surface area contributed by atoms with Gasteiger partial charge in [-0.25, -0.2) is 9.78 Å². The van der Waals surface area contributed by atoms with Crippen molar-refractivity contribution in [3.63, 3.8) is 0 Å². The van der Waals surface area contributed by atoms with E-state index in [1.807, 2.05) is 26.8 Å². The van der Waals surface area contributed by atoms with Gasteiger partial charge in [0.2, 0.25) is 0 Å². The first-order valence-electron chi connectivity index (χ1n) is 6.71. The summed E-state index contributed by atoms with van der Waals surface area (Å²) in [4.78, 5) is 22.4. The van der Waals surface area contributed by atoms with Gasteiger partial charge in [-0.3, -0.25) is 9.88 Å². The maximum absolute atomic E-state index is 12.1. The maximum atomic E-state index is 12.1. The Hall–Kier alpha value is -2.11. The number of carbonyl (C=O) groups is 1. The molecule has 0 aliphatic carbocycles. The van der Waals surface area contributed by atoms with E-state index in [0.29, 0.717) is 13.1 Å². The molecular formula is C14H18N4O2. The number of rotatable bonds is 0. The summed E-state index contributed by atoms with van der Waals surface area (Å²) in [7, 11) is 0. The van der Waals surface area contributed by atoms with Gasteiger partial charge < -0.3 is 9.30 Å². The maximum Gasteiger partial charge on any atom is 0.410 e. The number of aromatic nitrogens is 3. The summed E-state index contributed by atoms with van der Waals surface area (Å²) >= 11 is 0. The highest BCUT2D eigenvalue weighted by atomic mass is 16.6. The molecule has 106 valence electrons. The number of imidazole rings is 1. The first kappa shape index (κ1) is 12.9. The van der Waals surface area contributed by atoms with Gasteiger partial charge in [0.25, 0.3) is 0 Å². The van der Waals surface area contributed by atoms with Crippen molar-refractivity contribution in [2.24, 2.45) is 0 Å². The van der Waals surface area contributed by atoms with E-state index >= 15 is 0 Å². The minimum Gasteiger partial charge on any atom is -0.444 e. The molecule has 1 aliphatic rings. The van der Waals surface area contributed by atoms with Gasteiger partial charge >= 0.3 is 6.09 Å². The van der Waals surface area contributed by atoms with Crippen LogP contribution in [0.25, 0.3) is 11.0 Å². The first-order valence-corrected chi connectivity index (χ1v) is 6.71. The molecule has 0 N–H and O–H groups in total. The summed E-state index contributed by atoms with van der Waals surface area (Å²) < 4.78 is 7.54. The highest BCUT2D eigenvalue weighted by Crippen LogP contribution is 2.21. The van der Waals surface area contributed by atoms with E-state index in [9.17, 15) is 4.79 Å². The Morgan fingerprint density at radius 1 is 1.35 bits per heavy atom. The van der Waals surface area contributed by atoms with Gasteiger partial charge in [0, 0.05) is 19.3 Å². The van der Waals surface area contributed by atoms with E-state index in [0.717, 1.165) is 23.4 Å². The average Bonchev–Trinajstić information content (AvgIpc) is 2.74. The van der Waals surface area contributed by atoms with Crippen LogP contribution in [-0.4, -0.2) is 37.7 Å². The average molecular weight is 274 g/mol. The first-order chi connectivity index (χ1) is 9.44. The van der Waals surface area contributed by atoms with Crippen LogP contribution < -0.4 is 0 Å². The molecule has 0 saturated carbocycles. The lowest BCUT2D eigenvalue weighted by Crippen LogP contribution is -2.41. The van der Waals surface area contributed by atoms with Gasteiger partial charge in [0.1, 0.15) is 16.9 Å². The standard InChI is InChI=1S/C14H18N4O2/c1-14(2,3)20-13(19)17-6-7-18-11-4-5-15-8-10(11)16-12(18)9-17/h4-5,8H,6-7,9H2,1-3H3. The monoisotopic (exact) mass is 274 g/mol. The second-order valence-electron chi connectivity index (χ2n) is 5.95. The van der Waals surface area contributed by atoms with Gasteiger partial charge in [-0.05, 0) is 26.8 Å². The van der Waals surface area contributed by atoms with Crippen LogP contribution in [0.3, 0.4) is 0 Å². The summed E-state index contributed by atoms with van der Waals surface area (Å²) in [6.45, 7) is 7.45. The summed E-state index contributed by atoms with van der Waals surface area (Å²) in [5, 5.41) is 0. The molecule has 0 saturated heterocycles. The smallest absolute Gasteiger partial charge is 0.410 e. The van der Waals surface area contributed by atoms with Crippen LogP contribution in [0.2, 0.25) is 0 Å². The van der Waals surface area contributed by atoms with Crippen LogP contribution in [0.5, 0.6) is 0 Å². The van der Waals surface area contributed by atoms with Crippen molar-refractivity contribution in [2.45, 2.75) is 39.5 Å². The molecule has 0 bridgehead atoms. The van der Waals surface area contributed by atoms with E-state index in [1.165, 1.54) is 0 Å². The van der Waals surface area contributed by atoms with Crippen molar-refractivity contribution in [1.82, 2.24) is 19.4 Å². The molecule has 1 aliphatic heterocycles. The molecule has 1 amide bonds. The predicted molar refractivity (Wildman–Crippen MR) is 74.2 cm³/mol. The highest BCUT2D eigenvalue weighted by Gasteiger charge is 2.27. The summed E-state index contributed by atoms with van der Waals surface area (Å²) in [5.41, 5.74) is 1.46. The molecule has 2 aromatic heterocycles. The number of amides is 1. The van der Waals surface area contributed by atoms with Gasteiger partial charge in [0.05, 0.1) is 18.3 Å². The zero-order chi connectivity index (χ0) is 14.3. The van der Waals surface area contributed by atoms with E-state index in [4.69, 9.17) is 4.74 Å². The van der Waals surface area contributed by atoms with E-state index in [2.05, 4.69) is 14.5 Å². The Morgan fingerprint density at radius 3 is 2.90 bits per heavy atom. The molecular weight excluding hydrogens is 256 g/mol. The lowest BCUT2D eigenvalue weighted by atomic mass is 10.2. The number of hydrogen-bond acceptors (Lipinski definition) is 4. The molecule has 0 radical (unpaired) electrons. The third-order valence-electron chi connectivity index (χ3n) is 3.21. The molecule has 6 heteroatoms. The zero-order valence-corrected chi connectivity index (χ0v) is 12.0. The van der Waals surface area contributed by atoms with E-state index in [-0.39, 0.29) is 6.09 Å². The Labute approximate surface area is 117 Å². The molecule has 20 heavy (non-hydrogen) atoms. The number of pyridine rings is 1. The molecule has 0 fully saturated rings. The minimum absolute atomic E-state index is 0.283. The third kappa shape index (κ3) is 2.33. The molecule has 0 spiro atoms. The van der Waals surface area contributed by atoms with E-state index < -0.39 is 5.60 Å². The molecule has 0 aromatic carbocycles. The molecule has 2 aromatic rings. The quantitative estimate of drug-likeness (QED) is 0.738. The van der Waals surface area contributed by atoms with Crippen molar-refractivity contribution in [2.75, 3.05) is 6.54 Å². The van der Waals surface area contributed by atoms with Crippen molar-refractivity contribution < 1.29 is 9.53 Å². The molecule has 6 nitrogen and oxygen atoms in total. The Bertz CT molecular complexity index is 657. The van der Waals surface area contributed by atoms with Crippen molar-refractivity contribution in [1.29, 1.82) is 0 Å². The fraction of sp³-hybridized carbons (Fsp3) is 0.500. The minimum atomic E-state index is -0.474. The summed E-state index contributed by atoms with van der Waals surface area (Å²) in [6.07, 6.45) is 3.23. The fourth-order valence-electron chi connectivity index (χ4n) is 2.35. The molecule has 0 unspecified atom stereocenters. The largest absolute Gasteiger partial charge is 0.444 e. The van der Waals surface area contributed by atoms with Gasteiger partial charge in [0.15, 0.2) is 0 Å². The highest BCUT2D eigenvalue weighted by molar-refractivity contribution is 5.75. The van der Waals surface area contributed by atoms with Crippen molar-refractivity contribution in [3.8, 4) is 0 Å². The zero-order valence-electron chi connectivity index (χ0n) is 12.0. The second kappa shape index (κ2) is 4.47. The number of carbonyl (C=O) groups excluding carboxylic acids is 1. The number of nitrogens with zero attached hydrogens (tertiary/aromatic N) is 4. The number of fused-ring (bicyclic) bond motifs is 3. The lowest BCUT2D eigenvalue weighted by molar-refractivity contribution is 0.0197. The van der Waals surface area contributed by atoms with Crippen LogP contribution in [0.4, 0.5) is 4.79 Å². The Kier molecular flexibility index (Phi) is 2.88. The van der Waals surface area contributed by atoms with Crippen LogP contribution in [0.1, 0.15) is 26.6 Å². The summed E-state index contributed by atoms with van der Waals surface area (Å²) in [5.74, 6) is 0.880. The van der Waals surface area contributed by atoms with Gasteiger partial charge in [-0.2, -0.15) is 0 Å². The Balaban J connectivity index is 1.84. The van der Waals surface area contributed by atoms with Crippen molar-refractivity contribution >= 4 is 17.1 Å². The van der Waals surface area contributed by atoms with Crippen LogP contribution in [-0.2, 0) is 17.8 Å². The Morgan fingerprint density at radius 2 is 2.15 bits per heavy atom. The van der Waals surface area contributed by atoms with Crippen LogP contribution in [0.15, 0.2) is 18.5 Å². The van der Waals surface area contributed by atoms with Gasteiger partial charge in [-0.1, -0.05) is 0 Å². The second-order valence-corrected chi connectivity index (χ2v) is 5.95. The van der Waals surface area contributed by atoms with Crippen molar-refractivity contribution in [3.05, 3.63) is 24.3 Å². The third-order valence-corrected chi connectivity index (χ3v) is 3.21. The van der Waals surface area contributed by atoms with Crippen LogP contribution in [0, 0.1) is 0 Å². The normalized spacial score (nSPS) is 15.2. The number of ether oxygens (including phenoxy) is 1. The summed E-state index contributed by atoms with van der Waals surface area (Å²) in [6, 6.07) is 1.95. The fourth-order valence-corrected chi connectivity index (χ4v) is 2.35. The van der Waals surface area contributed by atoms with Gasteiger partial charge in [-0.15, -0.1) is 0 Å². The predicted octanol–water partition coefficient (Wildman–Crippen LogP) is 2.18. The topological polar surface area (TPSA) is 60.2 Å². The SMILES string of the molecule is CC(C)(C)OC(=O)N1CCn2c(nc3cnccc32)C1. The molecule has 3 heterocycles. The molecule has 0 atom stereocenters.